The molecule has 0 aliphatic heterocycles. The number of carboxylic acid groups (broad SMARTS) is 1. The molecule has 4 N–H and O–H groups in total. The third kappa shape index (κ3) is 1.77. The number of aliphatic carboxylic acids is 1. The zero-order chi connectivity index (χ0) is 11.7. The van der Waals surface area contributed by atoms with Crippen LogP contribution in [0.2, 0.25) is 0 Å². The van der Waals surface area contributed by atoms with E-state index >= 15 is 0 Å². The summed E-state index contributed by atoms with van der Waals surface area (Å²) >= 11 is 0. The number of rotatable bonds is 3. The maximum Gasteiger partial charge on any atom is 0.320 e. The van der Waals surface area contributed by atoms with Crippen LogP contribution in [0.3, 0.4) is 0 Å². The molecule has 1 heterocycles. The largest absolute Gasteiger partial charge is 0.480 e. The molecule has 2 rings (SSSR count). The first-order valence-corrected chi connectivity index (χ1v) is 4.99. The first kappa shape index (κ1) is 10.6. The average molecular weight is 219 g/mol. The zero-order valence-corrected chi connectivity index (χ0v) is 8.90. The van der Waals surface area contributed by atoms with Crippen molar-refractivity contribution in [2.75, 3.05) is 0 Å². The first-order valence-electron chi connectivity index (χ1n) is 4.99. The number of H-pyrrole nitrogens is 1. The molecule has 1 atom stereocenters. The van der Waals surface area contributed by atoms with Crippen molar-refractivity contribution in [2.24, 2.45) is 5.73 Å². The Bertz CT molecular complexity index is 533. The molecule has 0 spiro atoms. The van der Waals surface area contributed by atoms with Crippen LogP contribution in [0, 0.1) is 6.92 Å². The lowest BCUT2D eigenvalue weighted by Crippen LogP contribution is -2.32. The Morgan fingerprint density at radius 2 is 2.38 bits per heavy atom. The summed E-state index contributed by atoms with van der Waals surface area (Å²) in [5, 5.41) is 16.6. The normalized spacial score (nSPS) is 12.9. The molecule has 0 radical (unpaired) electrons. The number of aryl methyl sites for hydroxylation is 1. The smallest absolute Gasteiger partial charge is 0.320 e. The average Bonchev–Trinajstić information content (AvgIpc) is 2.70. The molecule has 0 amide bonds. The first-order chi connectivity index (χ1) is 7.59. The van der Waals surface area contributed by atoms with Crippen molar-refractivity contribution in [3.8, 4) is 0 Å². The number of nitrogens with one attached hydrogen (secondary N) is 1. The lowest BCUT2D eigenvalue weighted by Gasteiger charge is -2.09. The standard InChI is InChI=1S/C11H13N3O2/c1-6-7(4-9(12)11(15)16)2-3-8-5-13-14-10(6)8/h2-3,5,9H,4,12H2,1H3,(H,13,14)(H,15,16). The summed E-state index contributed by atoms with van der Waals surface area (Å²) in [5.41, 5.74) is 8.39. The number of nitrogens with two attached hydrogens (primary N) is 1. The highest BCUT2D eigenvalue weighted by atomic mass is 16.4. The van der Waals surface area contributed by atoms with Gasteiger partial charge in [-0.2, -0.15) is 5.10 Å². The van der Waals surface area contributed by atoms with Crippen LogP contribution in [0.25, 0.3) is 10.9 Å². The summed E-state index contributed by atoms with van der Waals surface area (Å²) in [6, 6.07) is 2.95. The summed E-state index contributed by atoms with van der Waals surface area (Å²) in [4.78, 5) is 10.7. The summed E-state index contributed by atoms with van der Waals surface area (Å²) < 4.78 is 0. The Morgan fingerprint density at radius 3 is 3.06 bits per heavy atom. The van der Waals surface area contributed by atoms with Crippen molar-refractivity contribution in [2.45, 2.75) is 19.4 Å². The number of benzene rings is 1. The van der Waals surface area contributed by atoms with Gasteiger partial charge in [0.25, 0.3) is 0 Å². The number of nitrogens with zero attached hydrogens (tertiary/aromatic N) is 1. The van der Waals surface area contributed by atoms with E-state index in [0.29, 0.717) is 6.42 Å². The van der Waals surface area contributed by atoms with E-state index in [-0.39, 0.29) is 0 Å². The van der Waals surface area contributed by atoms with E-state index in [1.54, 1.807) is 6.20 Å². The van der Waals surface area contributed by atoms with E-state index in [9.17, 15) is 4.79 Å². The highest BCUT2D eigenvalue weighted by Gasteiger charge is 2.14. The van der Waals surface area contributed by atoms with Gasteiger partial charge in [-0.05, 0) is 24.5 Å². The maximum atomic E-state index is 10.7. The quantitative estimate of drug-likeness (QED) is 0.712. The molecule has 0 bridgehead atoms. The van der Waals surface area contributed by atoms with Gasteiger partial charge in [-0.15, -0.1) is 0 Å². The summed E-state index contributed by atoms with van der Waals surface area (Å²) in [5.74, 6) is -0.982. The highest BCUT2D eigenvalue weighted by Crippen LogP contribution is 2.20. The molecule has 0 aliphatic rings. The van der Waals surface area contributed by atoms with Gasteiger partial charge in [0.1, 0.15) is 6.04 Å². The minimum absolute atomic E-state index is 0.329. The van der Waals surface area contributed by atoms with E-state index in [1.807, 2.05) is 19.1 Å². The van der Waals surface area contributed by atoms with Crippen molar-refractivity contribution >= 4 is 16.9 Å². The maximum absolute atomic E-state index is 10.7. The third-order valence-electron chi connectivity index (χ3n) is 2.75. The summed E-state index contributed by atoms with van der Waals surface area (Å²) in [6.45, 7) is 1.93. The van der Waals surface area contributed by atoms with Gasteiger partial charge in [0.2, 0.25) is 0 Å². The number of hydrogen-bond acceptors (Lipinski definition) is 3. The predicted octanol–water partition coefficient (Wildman–Crippen LogP) is 0.826. The minimum atomic E-state index is -0.982. The molecule has 1 unspecified atom stereocenters. The van der Waals surface area contributed by atoms with Crippen LogP contribution in [0.1, 0.15) is 11.1 Å². The van der Waals surface area contributed by atoms with E-state index in [1.165, 1.54) is 0 Å². The van der Waals surface area contributed by atoms with Crippen LogP contribution in [0.15, 0.2) is 18.3 Å². The topological polar surface area (TPSA) is 92.0 Å². The van der Waals surface area contributed by atoms with Crippen LogP contribution < -0.4 is 5.73 Å². The summed E-state index contributed by atoms with van der Waals surface area (Å²) in [7, 11) is 0. The number of fused-ring (bicyclic) bond motifs is 1. The number of carboxylic acids is 1. The molecule has 2 aromatic rings. The van der Waals surface area contributed by atoms with E-state index in [0.717, 1.165) is 22.0 Å². The van der Waals surface area contributed by atoms with Crippen LogP contribution in [0.4, 0.5) is 0 Å². The van der Waals surface area contributed by atoms with Crippen molar-refractivity contribution in [1.82, 2.24) is 10.2 Å². The van der Waals surface area contributed by atoms with E-state index in [2.05, 4.69) is 10.2 Å². The van der Waals surface area contributed by atoms with E-state index < -0.39 is 12.0 Å². The Hall–Kier alpha value is -1.88. The zero-order valence-electron chi connectivity index (χ0n) is 8.90. The van der Waals surface area contributed by atoms with Crippen LogP contribution in [0.5, 0.6) is 0 Å². The molecule has 0 aliphatic carbocycles. The number of carbonyl (C=O) groups is 1. The van der Waals surface area contributed by atoms with Gasteiger partial charge in [-0.1, -0.05) is 12.1 Å². The van der Waals surface area contributed by atoms with Gasteiger partial charge < -0.3 is 10.8 Å². The molecule has 16 heavy (non-hydrogen) atoms. The highest BCUT2D eigenvalue weighted by molar-refractivity contribution is 5.82. The third-order valence-corrected chi connectivity index (χ3v) is 2.75. The van der Waals surface area contributed by atoms with Crippen molar-refractivity contribution in [3.05, 3.63) is 29.5 Å². The molecule has 84 valence electrons. The lowest BCUT2D eigenvalue weighted by molar-refractivity contribution is -0.138. The molecule has 5 heteroatoms. The SMILES string of the molecule is Cc1c(CC(N)C(=O)O)ccc2cn[nH]c12. The second-order valence-corrected chi connectivity index (χ2v) is 3.83. The molecule has 5 nitrogen and oxygen atoms in total. The second-order valence-electron chi connectivity index (χ2n) is 3.83. The summed E-state index contributed by atoms with van der Waals surface area (Å²) in [6.07, 6.45) is 2.07. The lowest BCUT2D eigenvalue weighted by atomic mass is 9.99. The number of hydrogen-bond donors (Lipinski definition) is 3. The number of aromatic nitrogens is 2. The van der Waals surface area contributed by atoms with Gasteiger partial charge in [-0.25, -0.2) is 0 Å². The Balaban J connectivity index is 2.37. The van der Waals surface area contributed by atoms with Crippen molar-refractivity contribution in [3.63, 3.8) is 0 Å². The second kappa shape index (κ2) is 3.94. The van der Waals surface area contributed by atoms with Crippen molar-refractivity contribution in [1.29, 1.82) is 0 Å². The van der Waals surface area contributed by atoms with Crippen LogP contribution in [-0.4, -0.2) is 27.3 Å². The molecular weight excluding hydrogens is 206 g/mol. The molecule has 0 saturated heterocycles. The molecule has 1 aromatic carbocycles. The van der Waals surface area contributed by atoms with Crippen molar-refractivity contribution < 1.29 is 9.90 Å². The van der Waals surface area contributed by atoms with Crippen LogP contribution in [-0.2, 0) is 11.2 Å². The fraction of sp³-hybridized carbons (Fsp3) is 0.273. The molecule has 0 fully saturated rings. The van der Waals surface area contributed by atoms with Gasteiger partial charge in [0.05, 0.1) is 11.7 Å². The predicted molar refractivity (Wildman–Crippen MR) is 60.1 cm³/mol. The molecule has 1 aromatic heterocycles. The van der Waals surface area contributed by atoms with Gasteiger partial charge in [-0.3, -0.25) is 9.89 Å². The van der Waals surface area contributed by atoms with Gasteiger partial charge in [0.15, 0.2) is 0 Å². The van der Waals surface area contributed by atoms with E-state index in [4.69, 9.17) is 10.8 Å². The van der Waals surface area contributed by atoms with Gasteiger partial charge in [0, 0.05) is 5.39 Å². The van der Waals surface area contributed by atoms with Crippen LogP contribution >= 0.6 is 0 Å². The van der Waals surface area contributed by atoms with Gasteiger partial charge >= 0.3 is 5.97 Å². The monoisotopic (exact) mass is 219 g/mol. The molecule has 0 saturated carbocycles. The fourth-order valence-electron chi connectivity index (χ4n) is 1.74. The number of aromatic amines is 1. The Kier molecular flexibility index (Phi) is 2.62. The Labute approximate surface area is 92.3 Å². The molecular formula is C11H13N3O2. The Morgan fingerprint density at radius 1 is 1.62 bits per heavy atom. The fourth-order valence-corrected chi connectivity index (χ4v) is 1.74. The minimum Gasteiger partial charge on any atom is -0.480 e.